The lowest BCUT2D eigenvalue weighted by molar-refractivity contribution is -0.117. The van der Waals surface area contributed by atoms with Crippen LogP contribution in [-0.2, 0) is 9.53 Å². The zero-order chi connectivity index (χ0) is 17.5. The summed E-state index contributed by atoms with van der Waals surface area (Å²) in [4.78, 5) is 14.5. The van der Waals surface area contributed by atoms with Crippen LogP contribution in [0.3, 0.4) is 0 Å². The van der Waals surface area contributed by atoms with Crippen molar-refractivity contribution in [2.75, 3.05) is 37.8 Å². The van der Waals surface area contributed by atoms with Gasteiger partial charge in [0.15, 0.2) is 0 Å². The smallest absolute Gasteiger partial charge is 0.244 e. The number of morpholine rings is 1. The highest BCUT2D eigenvalue weighted by atomic mass is 16.5. The molecule has 0 spiro atoms. The normalized spacial score (nSPS) is 24.4. The largest absolute Gasteiger partial charge is 0.396 e. The van der Waals surface area contributed by atoms with Crippen LogP contribution >= 0.6 is 0 Å². The Kier molecular flexibility index (Phi) is 6.48. The van der Waals surface area contributed by atoms with E-state index in [9.17, 15) is 9.90 Å². The molecule has 1 saturated carbocycles. The molecule has 1 amide bonds. The van der Waals surface area contributed by atoms with Gasteiger partial charge < -0.3 is 20.1 Å². The van der Waals surface area contributed by atoms with Crippen LogP contribution in [0.4, 0.5) is 5.69 Å². The number of rotatable bonds is 5. The number of nitrogens with zero attached hydrogens (tertiary/aromatic N) is 1. The first-order valence-corrected chi connectivity index (χ1v) is 9.28. The summed E-state index contributed by atoms with van der Waals surface area (Å²) in [5.74, 6) is 0.113. The summed E-state index contributed by atoms with van der Waals surface area (Å²) in [6, 6.07) is 8.34. The molecule has 5 heteroatoms. The molecule has 0 radical (unpaired) electrons. The molecule has 1 aliphatic carbocycles. The molecule has 1 aliphatic heterocycles. The average Bonchev–Trinajstić information content (AvgIpc) is 2.68. The lowest BCUT2D eigenvalue weighted by Gasteiger charge is -2.30. The van der Waals surface area contributed by atoms with Crippen LogP contribution in [0.25, 0.3) is 6.08 Å². The van der Waals surface area contributed by atoms with Crippen LogP contribution in [0, 0.1) is 5.92 Å². The molecule has 1 aromatic carbocycles. The van der Waals surface area contributed by atoms with Crippen molar-refractivity contribution in [1.29, 1.82) is 0 Å². The molecular formula is C20H28N2O3. The number of carbonyl (C=O) groups excluding carboxylic acids is 1. The van der Waals surface area contributed by atoms with Gasteiger partial charge in [-0.15, -0.1) is 0 Å². The van der Waals surface area contributed by atoms with Crippen molar-refractivity contribution in [3.8, 4) is 0 Å². The summed E-state index contributed by atoms with van der Waals surface area (Å²) in [5, 5.41) is 12.5. The number of ether oxygens (including phenoxy) is 1. The fourth-order valence-corrected chi connectivity index (χ4v) is 3.64. The number of aliphatic hydroxyl groups is 1. The lowest BCUT2D eigenvalue weighted by Crippen LogP contribution is -2.42. The van der Waals surface area contributed by atoms with Gasteiger partial charge >= 0.3 is 0 Å². The first-order valence-electron chi connectivity index (χ1n) is 9.28. The Bertz CT molecular complexity index is 579. The van der Waals surface area contributed by atoms with E-state index in [2.05, 4.69) is 22.3 Å². The molecule has 25 heavy (non-hydrogen) atoms. The Morgan fingerprint density at radius 3 is 2.64 bits per heavy atom. The maximum absolute atomic E-state index is 12.2. The van der Waals surface area contributed by atoms with E-state index in [1.54, 1.807) is 6.08 Å². The summed E-state index contributed by atoms with van der Waals surface area (Å²) < 4.78 is 5.37. The van der Waals surface area contributed by atoms with Gasteiger partial charge in [-0.25, -0.2) is 0 Å². The summed E-state index contributed by atoms with van der Waals surface area (Å²) in [6.45, 7) is 3.54. The van der Waals surface area contributed by atoms with E-state index in [0.717, 1.165) is 57.6 Å². The summed E-state index contributed by atoms with van der Waals surface area (Å²) in [5.41, 5.74) is 2.20. The van der Waals surface area contributed by atoms with Crippen molar-refractivity contribution < 1.29 is 14.6 Å². The van der Waals surface area contributed by atoms with Gasteiger partial charge in [0.25, 0.3) is 0 Å². The summed E-state index contributed by atoms with van der Waals surface area (Å²) in [7, 11) is 0. The van der Waals surface area contributed by atoms with E-state index in [0.29, 0.717) is 0 Å². The van der Waals surface area contributed by atoms with E-state index in [-0.39, 0.29) is 24.5 Å². The van der Waals surface area contributed by atoms with Crippen LogP contribution < -0.4 is 10.2 Å². The van der Waals surface area contributed by atoms with Gasteiger partial charge in [-0.1, -0.05) is 25.0 Å². The number of benzene rings is 1. The molecule has 5 nitrogen and oxygen atoms in total. The highest BCUT2D eigenvalue weighted by Crippen LogP contribution is 2.24. The molecule has 3 rings (SSSR count). The number of anilines is 1. The third kappa shape index (κ3) is 5.06. The number of aliphatic hydroxyl groups excluding tert-OH is 1. The second-order valence-electron chi connectivity index (χ2n) is 6.87. The number of nitrogens with one attached hydrogen (secondary N) is 1. The Balaban J connectivity index is 1.53. The van der Waals surface area contributed by atoms with Gasteiger partial charge in [0.05, 0.1) is 13.2 Å². The van der Waals surface area contributed by atoms with Gasteiger partial charge in [0, 0.05) is 43.4 Å². The molecule has 0 aromatic heterocycles. The van der Waals surface area contributed by atoms with Gasteiger partial charge in [-0.05, 0) is 36.6 Å². The van der Waals surface area contributed by atoms with Gasteiger partial charge in [-0.3, -0.25) is 4.79 Å². The fourth-order valence-electron chi connectivity index (χ4n) is 3.64. The van der Waals surface area contributed by atoms with Crippen LogP contribution in [0.2, 0.25) is 0 Å². The summed E-state index contributed by atoms with van der Waals surface area (Å²) in [6.07, 6.45) is 7.65. The summed E-state index contributed by atoms with van der Waals surface area (Å²) >= 11 is 0. The SMILES string of the molecule is O=C(/C=C/c1ccc(N2CCOCC2)cc1)NC1CCCCC1CO. The zero-order valence-electron chi connectivity index (χ0n) is 14.7. The van der Waals surface area contributed by atoms with Gasteiger partial charge in [0.1, 0.15) is 0 Å². The second-order valence-corrected chi connectivity index (χ2v) is 6.87. The number of carbonyl (C=O) groups is 1. The quantitative estimate of drug-likeness (QED) is 0.804. The Hall–Kier alpha value is -1.85. The van der Waals surface area contributed by atoms with Crippen molar-refractivity contribution in [3.05, 3.63) is 35.9 Å². The highest BCUT2D eigenvalue weighted by molar-refractivity contribution is 5.92. The highest BCUT2D eigenvalue weighted by Gasteiger charge is 2.25. The van der Waals surface area contributed by atoms with E-state index in [1.165, 1.54) is 5.69 Å². The molecule has 1 heterocycles. The van der Waals surface area contributed by atoms with Crippen molar-refractivity contribution in [1.82, 2.24) is 5.32 Å². The molecule has 2 atom stereocenters. The lowest BCUT2D eigenvalue weighted by atomic mass is 9.85. The van der Waals surface area contributed by atoms with Crippen molar-refractivity contribution in [3.63, 3.8) is 0 Å². The van der Waals surface area contributed by atoms with Crippen molar-refractivity contribution in [2.45, 2.75) is 31.7 Å². The predicted molar refractivity (Wildman–Crippen MR) is 99.5 cm³/mol. The molecule has 0 bridgehead atoms. The van der Waals surface area contributed by atoms with E-state index < -0.39 is 0 Å². The average molecular weight is 344 g/mol. The minimum atomic E-state index is -0.0809. The molecule has 1 saturated heterocycles. The second kappa shape index (κ2) is 9.02. The van der Waals surface area contributed by atoms with Gasteiger partial charge in [-0.2, -0.15) is 0 Å². The Labute approximate surface area is 149 Å². The van der Waals surface area contributed by atoms with Crippen molar-refractivity contribution in [2.24, 2.45) is 5.92 Å². The first kappa shape index (κ1) is 18.0. The Morgan fingerprint density at radius 2 is 1.92 bits per heavy atom. The van der Waals surface area contributed by atoms with E-state index in [1.807, 2.05) is 18.2 Å². The van der Waals surface area contributed by atoms with Crippen LogP contribution in [-0.4, -0.2) is 50.0 Å². The molecule has 1 aromatic rings. The van der Waals surface area contributed by atoms with Crippen LogP contribution in [0.15, 0.2) is 30.3 Å². The molecule has 2 N–H and O–H groups in total. The maximum Gasteiger partial charge on any atom is 0.244 e. The standard InChI is InChI=1S/C20H28N2O3/c23-15-17-3-1-2-4-19(17)21-20(24)10-7-16-5-8-18(9-6-16)22-11-13-25-14-12-22/h5-10,17,19,23H,1-4,11-15H2,(H,21,24)/b10-7+. The molecule has 2 unspecified atom stereocenters. The van der Waals surface area contributed by atoms with Crippen molar-refractivity contribution >= 4 is 17.7 Å². The minimum Gasteiger partial charge on any atom is -0.396 e. The third-order valence-electron chi connectivity index (χ3n) is 5.17. The number of hydrogen-bond donors (Lipinski definition) is 2. The minimum absolute atomic E-state index is 0.0809. The van der Waals surface area contributed by atoms with E-state index >= 15 is 0 Å². The fraction of sp³-hybridized carbons (Fsp3) is 0.550. The maximum atomic E-state index is 12.2. The number of amides is 1. The molecule has 2 aliphatic rings. The van der Waals surface area contributed by atoms with E-state index in [4.69, 9.17) is 4.74 Å². The van der Waals surface area contributed by atoms with Gasteiger partial charge in [0.2, 0.25) is 5.91 Å². The first-order chi connectivity index (χ1) is 12.3. The van der Waals surface area contributed by atoms with Crippen LogP contribution in [0.1, 0.15) is 31.2 Å². The zero-order valence-corrected chi connectivity index (χ0v) is 14.7. The predicted octanol–water partition coefficient (Wildman–Crippen LogP) is 2.20. The topological polar surface area (TPSA) is 61.8 Å². The molecular weight excluding hydrogens is 316 g/mol. The Morgan fingerprint density at radius 1 is 1.20 bits per heavy atom. The third-order valence-corrected chi connectivity index (χ3v) is 5.17. The number of hydrogen-bond acceptors (Lipinski definition) is 4. The van der Waals surface area contributed by atoms with Crippen LogP contribution in [0.5, 0.6) is 0 Å². The monoisotopic (exact) mass is 344 g/mol. The molecule has 2 fully saturated rings. The molecule has 136 valence electrons.